The molecule has 0 aliphatic carbocycles. The molecule has 32 heavy (non-hydrogen) atoms. The molecule has 1 saturated heterocycles. The Hall–Kier alpha value is -3.58. The van der Waals surface area contributed by atoms with Crippen LogP contribution in [0.3, 0.4) is 0 Å². The second kappa shape index (κ2) is 9.70. The summed E-state index contributed by atoms with van der Waals surface area (Å²) in [5.74, 6) is -0.351. The van der Waals surface area contributed by atoms with Crippen molar-refractivity contribution in [3.8, 4) is 0 Å². The van der Waals surface area contributed by atoms with E-state index < -0.39 is 5.25 Å². The fourth-order valence-electron chi connectivity index (χ4n) is 3.32. The number of rotatable bonds is 6. The largest absolute Gasteiger partial charge is 0.378 e. The minimum Gasteiger partial charge on any atom is -0.378 e. The van der Waals surface area contributed by atoms with Crippen LogP contribution >= 0.6 is 11.8 Å². The summed E-state index contributed by atoms with van der Waals surface area (Å²) in [4.78, 5) is 34.2. The molecular formula is C25H24N4O2S. The molecule has 1 N–H and O–H groups in total. The van der Waals surface area contributed by atoms with Crippen molar-refractivity contribution in [2.75, 3.05) is 29.2 Å². The van der Waals surface area contributed by atoms with Gasteiger partial charge in [0.1, 0.15) is 5.25 Å². The van der Waals surface area contributed by atoms with Crippen LogP contribution in [-0.2, 0) is 9.59 Å². The maximum absolute atomic E-state index is 13.3. The molecule has 0 bridgehead atoms. The third-order valence-corrected chi connectivity index (χ3v) is 6.11. The summed E-state index contributed by atoms with van der Waals surface area (Å²) in [5.41, 5.74) is 3.25. The monoisotopic (exact) mass is 444 g/mol. The number of nitrogens with one attached hydrogen (secondary N) is 1. The first-order valence-electron chi connectivity index (χ1n) is 10.3. The van der Waals surface area contributed by atoms with E-state index in [1.807, 2.05) is 104 Å². The van der Waals surface area contributed by atoms with Crippen molar-refractivity contribution in [1.82, 2.24) is 0 Å². The topological polar surface area (TPSA) is 65.0 Å². The maximum atomic E-state index is 13.3. The molecule has 3 aromatic carbocycles. The van der Waals surface area contributed by atoms with Crippen molar-refractivity contribution in [1.29, 1.82) is 0 Å². The van der Waals surface area contributed by atoms with E-state index in [9.17, 15) is 9.59 Å². The lowest BCUT2D eigenvalue weighted by molar-refractivity contribution is -0.121. The number of carbonyl (C=O) groups excluding carboxylic acids is 2. The SMILES string of the molecule is CN(C)c1ccc(NC(=O)CC2SC(=Nc3ccccc3)N(c3ccccc3)C2=O)cc1. The van der Waals surface area contributed by atoms with Crippen molar-refractivity contribution in [2.24, 2.45) is 4.99 Å². The molecule has 7 heteroatoms. The molecule has 1 fully saturated rings. The molecule has 0 radical (unpaired) electrons. The molecule has 4 rings (SSSR count). The van der Waals surface area contributed by atoms with Crippen LogP contribution in [-0.4, -0.2) is 36.3 Å². The average Bonchev–Trinajstić information content (AvgIpc) is 3.09. The van der Waals surface area contributed by atoms with Crippen LogP contribution < -0.4 is 15.1 Å². The minimum atomic E-state index is -0.543. The van der Waals surface area contributed by atoms with Crippen LogP contribution in [0.15, 0.2) is 89.9 Å². The van der Waals surface area contributed by atoms with E-state index in [4.69, 9.17) is 0 Å². The molecule has 1 heterocycles. The number of para-hydroxylation sites is 2. The summed E-state index contributed by atoms with van der Waals surface area (Å²) in [6.45, 7) is 0. The number of carbonyl (C=O) groups is 2. The van der Waals surface area contributed by atoms with Crippen LogP contribution in [0.5, 0.6) is 0 Å². The Labute approximate surface area is 192 Å². The molecule has 0 aromatic heterocycles. The van der Waals surface area contributed by atoms with Crippen molar-refractivity contribution in [3.63, 3.8) is 0 Å². The fourth-order valence-corrected chi connectivity index (χ4v) is 4.48. The number of aliphatic imine (C=N–C) groups is 1. The Morgan fingerprint density at radius 1 is 0.969 bits per heavy atom. The van der Waals surface area contributed by atoms with E-state index in [2.05, 4.69) is 10.3 Å². The van der Waals surface area contributed by atoms with Gasteiger partial charge in [0.25, 0.3) is 0 Å². The van der Waals surface area contributed by atoms with E-state index >= 15 is 0 Å². The second-order valence-corrected chi connectivity index (χ2v) is 8.71. The van der Waals surface area contributed by atoms with Crippen LogP contribution in [0.2, 0.25) is 0 Å². The molecule has 1 aliphatic rings. The first-order valence-corrected chi connectivity index (χ1v) is 11.2. The number of hydrogen-bond acceptors (Lipinski definition) is 5. The number of anilines is 3. The summed E-state index contributed by atoms with van der Waals surface area (Å²) >= 11 is 1.32. The highest BCUT2D eigenvalue weighted by molar-refractivity contribution is 8.16. The molecule has 3 aromatic rings. The Balaban J connectivity index is 1.52. The Kier molecular flexibility index (Phi) is 6.56. The van der Waals surface area contributed by atoms with Gasteiger partial charge in [-0.25, -0.2) is 4.99 Å². The van der Waals surface area contributed by atoms with Gasteiger partial charge in [-0.2, -0.15) is 0 Å². The number of amides is 2. The van der Waals surface area contributed by atoms with Crippen LogP contribution in [0.1, 0.15) is 6.42 Å². The zero-order valence-corrected chi connectivity index (χ0v) is 18.8. The van der Waals surface area contributed by atoms with Crippen LogP contribution in [0.25, 0.3) is 0 Å². The standard InChI is InChI=1S/C25H24N4O2S/c1-28(2)20-15-13-19(14-16-20)26-23(30)17-22-24(31)29(21-11-7-4-8-12-21)25(32-22)27-18-9-5-3-6-10-18/h3-16,22H,17H2,1-2H3,(H,26,30). The van der Waals surface area contributed by atoms with E-state index in [1.165, 1.54) is 11.8 Å². The molecule has 1 aliphatic heterocycles. The summed E-state index contributed by atoms with van der Waals surface area (Å²) < 4.78 is 0. The molecule has 6 nitrogen and oxygen atoms in total. The van der Waals surface area contributed by atoms with E-state index in [0.29, 0.717) is 10.9 Å². The smallest absolute Gasteiger partial charge is 0.247 e. The predicted molar refractivity (Wildman–Crippen MR) is 133 cm³/mol. The minimum absolute atomic E-state index is 0.0656. The summed E-state index contributed by atoms with van der Waals surface area (Å²) in [7, 11) is 3.92. The normalized spacial score (nSPS) is 16.9. The first-order chi connectivity index (χ1) is 15.5. The van der Waals surface area contributed by atoms with Gasteiger partial charge in [-0.1, -0.05) is 48.2 Å². The zero-order valence-electron chi connectivity index (χ0n) is 17.9. The molecule has 0 spiro atoms. The highest BCUT2D eigenvalue weighted by Gasteiger charge is 2.40. The maximum Gasteiger partial charge on any atom is 0.247 e. The van der Waals surface area contributed by atoms with Gasteiger partial charge in [-0.05, 0) is 48.5 Å². The van der Waals surface area contributed by atoms with Gasteiger partial charge < -0.3 is 10.2 Å². The zero-order chi connectivity index (χ0) is 22.5. The Bertz CT molecular complexity index is 1120. The van der Waals surface area contributed by atoms with Gasteiger partial charge in [0.2, 0.25) is 11.8 Å². The van der Waals surface area contributed by atoms with Crippen molar-refractivity contribution < 1.29 is 9.59 Å². The fraction of sp³-hybridized carbons (Fsp3) is 0.160. The van der Waals surface area contributed by atoms with Gasteiger partial charge in [0, 0.05) is 31.9 Å². The summed E-state index contributed by atoms with van der Waals surface area (Å²) in [6.07, 6.45) is 0.0656. The lowest BCUT2D eigenvalue weighted by Gasteiger charge is -2.16. The molecule has 2 amide bonds. The quantitative estimate of drug-likeness (QED) is 0.586. The predicted octanol–water partition coefficient (Wildman–Crippen LogP) is 4.92. The Morgan fingerprint density at radius 2 is 1.59 bits per heavy atom. The van der Waals surface area contributed by atoms with Gasteiger partial charge in [-0.15, -0.1) is 0 Å². The third kappa shape index (κ3) is 5.00. The number of nitrogens with zero attached hydrogens (tertiary/aromatic N) is 3. The molecule has 1 unspecified atom stereocenters. The highest BCUT2D eigenvalue weighted by Crippen LogP contribution is 2.35. The molecular weight excluding hydrogens is 420 g/mol. The third-order valence-electron chi connectivity index (χ3n) is 4.97. The summed E-state index contributed by atoms with van der Waals surface area (Å²) in [6, 6.07) is 26.5. The van der Waals surface area contributed by atoms with Gasteiger partial charge >= 0.3 is 0 Å². The molecule has 162 valence electrons. The first kappa shape index (κ1) is 21.6. The lowest BCUT2D eigenvalue weighted by Crippen LogP contribution is -2.33. The lowest BCUT2D eigenvalue weighted by atomic mass is 10.2. The second-order valence-electron chi connectivity index (χ2n) is 7.54. The van der Waals surface area contributed by atoms with Gasteiger partial charge in [0.05, 0.1) is 11.4 Å². The van der Waals surface area contributed by atoms with E-state index in [-0.39, 0.29) is 18.2 Å². The van der Waals surface area contributed by atoms with Crippen molar-refractivity contribution in [2.45, 2.75) is 11.7 Å². The van der Waals surface area contributed by atoms with Gasteiger partial charge in [-0.3, -0.25) is 14.5 Å². The van der Waals surface area contributed by atoms with Crippen molar-refractivity contribution in [3.05, 3.63) is 84.9 Å². The molecule has 1 atom stereocenters. The van der Waals surface area contributed by atoms with Crippen molar-refractivity contribution >= 4 is 51.5 Å². The summed E-state index contributed by atoms with van der Waals surface area (Å²) in [5, 5.41) is 2.92. The van der Waals surface area contributed by atoms with Crippen LogP contribution in [0, 0.1) is 0 Å². The number of hydrogen-bond donors (Lipinski definition) is 1. The Morgan fingerprint density at radius 3 is 2.22 bits per heavy atom. The van der Waals surface area contributed by atoms with Gasteiger partial charge in [0.15, 0.2) is 5.17 Å². The number of benzene rings is 3. The van der Waals surface area contributed by atoms with Crippen LogP contribution in [0.4, 0.5) is 22.7 Å². The number of thioether (sulfide) groups is 1. The van der Waals surface area contributed by atoms with E-state index in [1.54, 1.807) is 4.90 Å². The molecule has 0 saturated carbocycles. The van der Waals surface area contributed by atoms with E-state index in [0.717, 1.165) is 17.1 Å². The highest BCUT2D eigenvalue weighted by atomic mass is 32.2. The number of amidine groups is 1. The average molecular weight is 445 g/mol.